The summed E-state index contributed by atoms with van der Waals surface area (Å²) in [5.74, 6) is -0.0874. The van der Waals surface area contributed by atoms with Gasteiger partial charge in [0.15, 0.2) is 9.84 Å². The number of hydrogen-bond acceptors (Lipinski definition) is 4. The molecule has 0 heterocycles. The first-order valence-corrected chi connectivity index (χ1v) is 7.62. The molecule has 0 aliphatic rings. The molecular weight excluding hydrogens is 252 g/mol. The van der Waals surface area contributed by atoms with Crippen molar-refractivity contribution in [3.8, 4) is 0 Å². The van der Waals surface area contributed by atoms with E-state index in [9.17, 15) is 13.2 Å². The van der Waals surface area contributed by atoms with Gasteiger partial charge in [-0.05, 0) is 43.7 Å². The number of nitrogens with one attached hydrogen (secondary N) is 1. The van der Waals surface area contributed by atoms with Gasteiger partial charge in [0.05, 0.1) is 4.90 Å². The van der Waals surface area contributed by atoms with Crippen LogP contribution >= 0.6 is 0 Å². The summed E-state index contributed by atoms with van der Waals surface area (Å²) in [6, 6.07) is 6.12. The lowest BCUT2D eigenvalue weighted by molar-refractivity contribution is -0.116. The van der Waals surface area contributed by atoms with Gasteiger partial charge in [0.1, 0.15) is 0 Å². The summed E-state index contributed by atoms with van der Waals surface area (Å²) in [7, 11) is -3.19. The lowest BCUT2D eigenvalue weighted by Gasteiger charge is -2.05. The van der Waals surface area contributed by atoms with Crippen molar-refractivity contribution < 1.29 is 13.2 Å². The first-order chi connectivity index (χ1) is 8.43. The number of amides is 1. The van der Waals surface area contributed by atoms with Crippen LogP contribution in [-0.4, -0.2) is 27.1 Å². The normalized spacial score (nSPS) is 11.2. The molecule has 6 heteroatoms. The quantitative estimate of drug-likeness (QED) is 0.759. The molecule has 0 bridgehead atoms. The average Bonchev–Trinajstić information content (AvgIpc) is 2.29. The molecule has 0 spiro atoms. The van der Waals surface area contributed by atoms with Gasteiger partial charge in [-0.3, -0.25) is 4.79 Å². The molecule has 0 atom stereocenters. The highest BCUT2D eigenvalue weighted by Crippen LogP contribution is 2.14. The van der Waals surface area contributed by atoms with E-state index in [1.165, 1.54) is 12.1 Å². The van der Waals surface area contributed by atoms with E-state index in [1.54, 1.807) is 12.1 Å². The largest absolute Gasteiger partial charge is 0.330 e. The molecule has 1 amide bonds. The molecule has 18 heavy (non-hydrogen) atoms. The number of unbranched alkanes of at least 4 members (excludes halogenated alkanes) is 1. The van der Waals surface area contributed by atoms with Gasteiger partial charge in [0.2, 0.25) is 5.91 Å². The molecule has 0 saturated heterocycles. The van der Waals surface area contributed by atoms with Crippen LogP contribution in [0.2, 0.25) is 0 Å². The number of anilines is 1. The van der Waals surface area contributed by atoms with Gasteiger partial charge >= 0.3 is 0 Å². The number of rotatable bonds is 6. The Morgan fingerprint density at radius 3 is 2.33 bits per heavy atom. The molecule has 0 fully saturated rings. The van der Waals surface area contributed by atoms with Crippen molar-refractivity contribution in [1.82, 2.24) is 0 Å². The number of carbonyl (C=O) groups excluding carboxylic acids is 1. The predicted molar refractivity (Wildman–Crippen MR) is 71.1 cm³/mol. The van der Waals surface area contributed by atoms with Crippen molar-refractivity contribution in [3.63, 3.8) is 0 Å². The van der Waals surface area contributed by atoms with Crippen molar-refractivity contribution in [2.75, 3.05) is 18.1 Å². The summed E-state index contributed by atoms with van der Waals surface area (Å²) >= 11 is 0. The average molecular weight is 270 g/mol. The topological polar surface area (TPSA) is 89.3 Å². The predicted octanol–water partition coefficient (Wildman–Crippen LogP) is 1.16. The zero-order chi connectivity index (χ0) is 13.6. The smallest absolute Gasteiger partial charge is 0.224 e. The highest BCUT2D eigenvalue weighted by Gasteiger charge is 2.07. The Labute approximate surface area is 107 Å². The van der Waals surface area contributed by atoms with Gasteiger partial charge in [-0.1, -0.05) is 0 Å². The minimum atomic E-state index is -3.19. The Bertz CT molecular complexity index is 495. The Morgan fingerprint density at radius 2 is 1.83 bits per heavy atom. The van der Waals surface area contributed by atoms with E-state index in [1.807, 2.05) is 0 Å². The van der Waals surface area contributed by atoms with E-state index in [-0.39, 0.29) is 10.8 Å². The second kappa shape index (κ2) is 6.51. The van der Waals surface area contributed by atoms with Crippen molar-refractivity contribution in [3.05, 3.63) is 24.3 Å². The van der Waals surface area contributed by atoms with E-state index >= 15 is 0 Å². The Balaban J connectivity index is 2.56. The van der Waals surface area contributed by atoms with Gasteiger partial charge in [-0.15, -0.1) is 0 Å². The molecule has 3 N–H and O–H groups in total. The van der Waals surface area contributed by atoms with Crippen molar-refractivity contribution in [2.24, 2.45) is 5.73 Å². The van der Waals surface area contributed by atoms with Gasteiger partial charge in [0.25, 0.3) is 0 Å². The highest BCUT2D eigenvalue weighted by molar-refractivity contribution is 7.90. The third-order valence-electron chi connectivity index (χ3n) is 2.42. The van der Waals surface area contributed by atoms with Crippen LogP contribution in [0.4, 0.5) is 5.69 Å². The van der Waals surface area contributed by atoms with Gasteiger partial charge in [0, 0.05) is 18.4 Å². The van der Waals surface area contributed by atoms with Crippen LogP contribution in [0.25, 0.3) is 0 Å². The fraction of sp³-hybridized carbons (Fsp3) is 0.417. The van der Waals surface area contributed by atoms with Crippen LogP contribution in [0, 0.1) is 0 Å². The number of benzene rings is 1. The monoisotopic (exact) mass is 270 g/mol. The molecular formula is C12H18N2O3S. The highest BCUT2D eigenvalue weighted by atomic mass is 32.2. The summed E-state index contributed by atoms with van der Waals surface area (Å²) in [5.41, 5.74) is 5.93. The third-order valence-corrected chi connectivity index (χ3v) is 3.55. The van der Waals surface area contributed by atoms with E-state index in [0.29, 0.717) is 18.7 Å². The van der Waals surface area contributed by atoms with Gasteiger partial charge in [-0.25, -0.2) is 8.42 Å². The molecule has 0 aromatic heterocycles. The maximum atomic E-state index is 11.5. The van der Waals surface area contributed by atoms with Gasteiger partial charge in [-0.2, -0.15) is 0 Å². The molecule has 1 aromatic carbocycles. The van der Waals surface area contributed by atoms with Crippen molar-refractivity contribution in [2.45, 2.75) is 24.2 Å². The minimum Gasteiger partial charge on any atom is -0.330 e. The fourth-order valence-electron chi connectivity index (χ4n) is 1.44. The SMILES string of the molecule is CS(=O)(=O)c1ccc(NC(=O)CCCCN)cc1. The fourth-order valence-corrected chi connectivity index (χ4v) is 2.07. The minimum absolute atomic E-state index is 0.0874. The first kappa shape index (κ1) is 14.7. The molecule has 0 saturated carbocycles. The molecule has 0 aliphatic carbocycles. The number of nitrogens with two attached hydrogens (primary N) is 1. The molecule has 1 aromatic rings. The summed E-state index contributed by atoms with van der Waals surface area (Å²) in [5, 5.41) is 2.70. The molecule has 100 valence electrons. The number of hydrogen-bond donors (Lipinski definition) is 2. The second-order valence-electron chi connectivity index (χ2n) is 4.09. The summed E-state index contributed by atoms with van der Waals surface area (Å²) in [6.45, 7) is 0.580. The number of carbonyl (C=O) groups is 1. The Hall–Kier alpha value is -1.40. The molecule has 0 radical (unpaired) electrons. The zero-order valence-corrected chi connectivity index (χ0v) is 11.2. The Kier molecular flexibility index (Phi) is 5.30. The summed E-state index contributed by atoms with van der Waals surface area (Å²) in [4.78, 5) is 11.7. The van der Waals surface area contributed by atoms with Crippen LogP contribution in [0.15, 0.2) is 29.2 Å². The third kappa shape index (κ3) is 4.85. The van der Waals surface area contributed by atoms with Gasteiger partial charge < -0.3 is 11.1 Å². The molecule has 0 unspecified atom stereocenters. The van der Waals surface area contributed by atoms with Crippen LogP contribution in [0.5, 0.6) is 0 Å². The maximum absolute atomic E-state index is 11.5. The second-order valence-corrected chi connectivity index (χ2v) is 6.11. The van der Waals surface area contributed by atoms with Crippen LogP contribution in [-0.2, 0) is 14.6 Å². The standard InChI is InChI=1S/C12H18N2O3S/c1-18(16,17)11-7-5-10(6-8-11)14-12(15)4-2-3-9-13/h5-8H,2-4,9,13H2,1H3,(H,14,15). The van der Waals surface area contributed by atoms with Crippen molar-refractivity contribution in [1.29, 1.82) is 0 Å². The number of sulfone groups is 1. The summed E-state index contributed by atoms with van der Waals surface area (Å²) < 4.78 is 22.5. The van der Waals surface area contributed by atoms with Crippen LogP contribution in [0.3, 0.4) is 0 Å². The van der Waals surface area contributed by atoms with E-state index in [4.69, 9.17) is 5.73 Å². The van der Waals surface area contributed by atoms with Crippen LogP contribution < -0.4 is 11.1 Å². The molecule has 1 rings (SSSR count). The lowest BCUT2D eigenvalue weighted by Crippen LogP contribution is -2.12. The molecule has 5 nitrogen and oxygen atoms in total. The summed E-state index contributed by atoms with van der Waals surface area (Å²) in [6.07, 6.45) is 3.14. The Morgan fingerprint density at radius 1 is 1.22 bits per heavy atom. The maximum Gasteiger partial charge on any atom is 0.224 e. The lowest BCUT2D eigenvalue weighted by atomic mass is 10.2. The zero-order valence-electron chi connectivity index (χ0n) is 10.3. The first-order valence-electron chi connectivity index (χ1n) is 5.73. The van der Waals surface area contributed by atoms with E-state index in [0.717, 1.165) is 19.1 Å². The van der Waals surface area contributed by atoms with E-state index < -0.39 is 9.84 Å². The van der Waals surface area contributed by atoms with E-state index in [2.05, 4.69) is 5.32 Å². The van der Waals surface area contributed by atoms with Crippen LogP contribution in [0.1, 0.15) is 19.3 Å². The molecule has 0 aliphatic heterocycles. The van der Waals surface area contributed by atoms with Crippen molar-refractivity contribution >= 4 is 21.4 Å².